The van der Waals surface area contributed by atoms with Gasteiger partial charge in [0, 0.05) is 17.9 Å². The van der Waals surface area contributed by atoms with Gasteiger partial charge in [-0.1, -0.05) is 13.0 Å². The minimum absolute atomic E-state index is 0. The number of carbonyl (C=O) groups excluding carboxylic acids is 2. The van der Waals surface area contributed by atoms with Crippen molar-refractivity contribution in [2.24, 2.45) is 5.73 Å². The Hall–Kier alpha value is -1.79. The smallest absolute Gasteiger partial charge is 0.319 e. The summed E-state index contributed by atoms with van der Waals surface area (Å²) in [6.45, 7) is 4.23. The van der Waals surface area contributed by atoms with Gasteiger partial charge in [-0.05, 0) is 31.5 Å². The first-order valence-electron chi connectivity index (χ1n) is 6.28. The second-order valence-corrected chi connectivity index (χ2v) is 4.07. The third-order valence-electron chi connectivity index (χ3n) is 2.50. The van der Waals surface area contributed by atoms with Crippen LogP contribution >= 0.6 is 12.4 Å². The van der Waals surface area contributed by atoms with Crippen LogP contribution in [-0.4, -0.2) is 24.5 Å². The molecule has 3 amide bonds. The number of hydrogen-bond acceptors (Lipinski definition) is 3. The van der Waals surface area contributed by atoms with Gasteiger partial charge >= 0.3 is 6.03 Å². The van der Waals surface area contributed by atoms with Crippen LogP contribution in [0.15, 0.2) is 24.3 Å². The average Bonchev–Trinajstić information content (AvgIpc) is 2.38. The van der Waals surface area contributed by atoms with Gasteiger partial charge in [-0.3, -0.25) is 4.79 Å². The molecule has 0 spiro atoms. The number of anilines is 2. The molecule has 0 aliphatic carbocycles. The van der Waals surface area contributed by atoms with Crippen LogP contribution in [0.5, 0.6) is 0 Å². The summed E-state index contributed by atoms with van der Waals surface area (Å²) < 4.78 is 0. The summed E-state index contributed by atoms with van der Waals surface area (Å²) in [5, 5.41) is 7.99. The Bertz CT molecular complexity index is 454. The number of urea groups is 1. The molecule has 112 valence electrons. The predicted molar refractivity (Wildman–Crippen MR) is 83.3 cm³/mol. The molecule has 1 aromatic rings. The Balaban J connectivity index is 0.00000361. The Labute approximate surface area is 124 Å². The van der Waals surface area contributed by atoms with E-state index in [4.69, 9.17) is 5.73 Å². The topological polar surface area (TPSA) is 96.2 Å². The van der Waals surface area contributed by atoms with Gasteiger partial charge in [0.05, 0.1) is 6.04 Å². The molecule has 0 unspecified atom stereocenters. The van der Waals surface area contributed by atoms with Gasteiger partial charge < -0.3 is 21.7 Å². The third-order valence-corrected chi connectivity index (χ3v) is 2.50. The molecule has 5 N–H and O–H groups in total. The monoisotopic (exact) mass is 300 g/mol. The summed E-state index contributed by atoms with van der Waals surface area (Å²) in [6.07, 6.45) is 0.572. The molecule has 7 heteroatoms. The molecule has 20 heavy (non-hydrogen) atoms. The van der Waals surface area contributed by atoms with Crippen LogP contribution in [0.25, 0.3) is 0 Å². The quantitative estimate of drug-likeness (QED) is 0.669. The Morgan fingerprint density at radius 3 is 2.35 bits per heavy atom. The van der Waals surface area contributed by atoms with Crippen LogP contribution < -0.4 is 21.7 Å². The number of halogens is 1. The molecule has 0 bridgehead atoms. The van der Waals surface area contributed by atoms with Gasteiger partial charge in [0.2, 0.25) is 5.91 Å². The fourth-order valence-electron chi connectivity index (χ4n) is 1.43. The molecule has 1 aromatic carbocycles. The number of nitrogens with one attached hydrogen (secondary N) is 3. The minimum atomic E-state index is -0.528. The summed E-state index contributed by atoms with van der Waals surface area (Å²) in [5.41, 5.74) is 6.84. The van der Waals surface area contributed by atoms with E-state index in [1.807, 2.05) is 13.8 Å². The summed E-state index contributed by atoms with van der Waals surface area (Å²) in [7, 11) is 0. The molecule has 0 aliphatic rings. The van der Waals surface area contributed by atoms with E-state index in [1.165, 1.54) is 0 Å². The summed E-state index contributed by atoms with van der Waals surface area (Å²) in [4.78, 5) is 23.0. The number of carbonyl (C=O) groups is 2. The molecule has 0 saturated heterocycles. The van der Waals surface area contributed by atoms with E-state index in [0.717, 1.165) is 0 Å². The average molecular weight is 301 g/mol. The zero-order valence-corrected chi connectivity index (χ0v) is 12.4. The Kier molecular flexibility index (Phi) is 8.35. The lowest BCUT2D eigenvalue weighted by Crippen LogP contribution is -2.34. The highest BCUT2D eigenvalue weighted by molar-refractivity contribution is 5.96. The van der Waals surface area contributed by atoms with Crippen molar-refractivity contribution in [2.75, 3.05) is 17.2 Å². The van der Waals surface area contributed by atoms with Crippen LogP contribution in [0, 0.1) is 0 Å². The predicted octanol–water partition coefficient (Wildman–Crippen LogP) is 1.93. The maximum atomic E-state index is 11.6. The van der Waals surface area contributed by atoms with E-state index in [1.54, 1.807) is 24.3 Å². The highest BCUT2D eigenvalue weighted by Crippen LogP contribution is 2.15. The molecule has 0 heterocycles. The molecule has 0 radical (unpaired) electrons. The molecule has 6 nitrogen and oxygen atoms in total. The number of rotatable bonds is 5. The first-order chi connectivity index (χ1) is 9.06. The molecule has 1 rings (SSSR count). The van der Waals surface area contributed by atoms with E-state index in [2.05, 4.69) is 16.0 Å². The highest BCUT2D eigenvalue weighted by atomic mass is 35.5. The van der Waals surface area contributed by atoms with Crippen molar-refractivity contribution in [2.45, 2.75) is 26.3 Å². The fourth-order valence-corrected chi connectivity index (χ4v) is 1.43. The van der Waals surface area contributed by atoms with Crippen molar-refractivity contribution in [3.05, 3.63) is 24.3 Å². The van der Waals surface area contributed by atoms with E-state index < -0.39 is 6.04 Å². The van der Waals surface area contributed by atoms with Crippen LogP contribution in [0.4, 0.5) is 16.2 Å². The lowest BCUT2D eigenvalue weighted by Gasteiger charge is -2.11. The highest BCUT2D eigenvalue weighted by Gasteiger charge is 2.11. The van der Waals surface area contributed by atoms with Crippen molar-refractivity contribution in [3.8, 4) is 0 Å². The number of hydrogen-bond donors (Lipinski definition) is 4. The minimum Gasteiger partial charge on any atom is -0.338 e. The lowest BCUT2D eigenvalue weighted by molar-refractivity contribution is -0.117. The first-order valence-corrected chi connectivity index (χ1v) is 6.28. The van der Waals surface area contributed by atoms with Gasteiger partial charge in [-0.25, -0.2) is 4.79 Å². The van der Waals surface area contributed by atoms with Crippen molar-refractivity contribution in [1.29, 1.82) is 0 Å². The van der Waals surface area contributed by atoms with Gasteiger partial charge in [-0.15, -0.1) is 12.4 Å². The van der Waals surface area contributed by atoms with Crippen LogP contribution in [0.3, 0.4) is 0 Å². The van der Waals surface area contributed by atoms with Crippen LogP contribution in [-0.2, 0) is 4.79 Å². The van der Waals surface area contributed by atoms with E-state index >= 15 is 0 Å². The van der Waals surface area contributed by atoms with Crippen LogP contribution in [0.2, 0.25) is 0 Å². The first kappa shape index (κ1) is 18.2. The summed E-state index contributed by atoms with van der Waals surface area (Å²) >= 11 is 0. The molecule has 1 atom stereocenters. The van der Waals surface area contributed by atoms with Gasteiger partial charge in [0.1, 0.15) is 0 Å². The molecular weight excluding hydrogens is 280 g/mol. The normalized spacial score (nSPS) is 10.9. The zero-order chi connectivity index (χ0) is 14.3. The summed E-state index contributed by atoms with van der Waals surface area (Å²) in [6, 6.07) is 6.09. The van der Waals surface area contributed by atoms with Crippen molar-refractivity contribution in [1.82, 2.24) is 5.32 Å². The van der Waals surface area contributed by atoms with E-state index in [9.17, 15) is 9.59 Å². The van der Waals surface area contributed by atoms with Crippen LogP contribution in [0.1, 0.15) is 20.3 Å². The third kappa shape index (κ3) is 5.90. The molecule has 0 aliphatic heterocycles. The maximum Gasteiger partial charge on any atom is 0.319 e. The van der Waals surface area contributed by atoms with Gasteiger partial charge in [0.25, 0.3) is 0 Å². The largest absolute Gasteiger partial charge is 0.338 e. The second-order valence-electron chi connectivity index (χ2n) is 4.07. The second kappa shape index (κ2) is 9.17. The maximum absolute atomic E-state index is 11.6. The van der Waals surface area contributed by atoms with Gasteiger partial charge in [0.15, 0.2) is 0 Å². The molecular formula is C13H21ClN4O2. The number of nitrogens with two attached hydrogens (primary N) is 1. The lowest BCUT2D eigenvalue weighted by atomic mass is 10.2. The molecule has 0 fully saturated rings. The number of benzene rings is 1. The molecule has 0 saturated carbocycles. The standard InChI is InChI=1S/C13H20N4O2.ClH/c1-3-11(14)12(18)16-9-6-5-7-10(8-9)17-13(19)15-4-2;/h5-8,11H,3-4,14H2,1-2H3,(H,16,18)(H2,15,17,19);1H/t11-;/m0./s1. The van der Waals surface area contributed by atoms with E-state index in [-0.39, 0.29) is 24.3 Å². The van der Waals surface area contributed by atoms with Crippen molar-refractivity contribution < 1.29 is 9.59 Å². The SMILES string of the molecule is CCNC(=O)Nc1cccc(NC(=O)[C@@H](N)CC)c1.Cl. The molecule has 0 aromatic heterocycles. The van der Waals surface area contributed by atoms with E-state index in [0.29, 0.717) is 24.3 Å². The zero-order valence-electron chi connectivity index (χ0n) is 11.6. The van der Waals surface area contributed by atoms with Crippen molar-refractivity contribution in [3.63, 3.8) is 0 Å². The fraction of sp³-hybridized carbons (Fsp3) is 0.385. The van der Waals surface area contributed by atoms with Crippen molar-refractivity contribution >= 4 is 35.7 Å². The summed E-state index contributed by atoms with van der Waals surface area (Å²) in [5.74, 6) is -0.238. The Morgan fingerprint density at radius 2 is 1.80 bits per heavy atom. The van der Waals surface area contributed by atoms with Gasteiger partial charge in [-0.2, -0.15) is 0 Å². The number of amides is 3. The Morgan fingerprint density at radius 1 is 1.20 bits per heavy atom.